The first-order chi connectivity index (χ1) is 9.29. The fraction of sp³-hybridized carbons (Fsp3) is 0.286. The van der Waals surface area contributed by atoms with Crippen LogP contribution in [0.2, 0.25) is 0 Å². The van der Waals surface area contributed by atoms with Crippen molar-refractivity contribution in [3.8, 4) is 11.4 Å². The summed E-state index contributed by atoms with van der Waals surface area (Å²) in [6, 6.07) is 7.96. The average molecular weight is 322 g/mol. The van der Waals surface area contributed by atoms with E-state index in [1.165, 1.54) is 0 Å². The third-order valence-electron chi connectivity index (χ3n) is 2.60. The number of benzene rings is 1. The Bertz CT molecular complexity index is 516. The lowest BCUT2D eigenvalue weighted by Crippen LogP contribution is -2.18. The number of hydrogen-bond acceptors (Lipinski definition) is 4. The number of halogens is 1. The summed E-state index contributed by atoms with van der Waals surface area (Å²) in [6.07, 6.45) is 3.70. The maximum atomic E-state index is 4.97. The van der Waals surface area contributed by atoms with Crippen LogP contribution in [0, 0.1) is 0 Å². The summed E-state index contributed by atoms with van der Waals surface area (Å²) in [5, 5.41) is 3.26. The van der Waals surface area contributed by atoms with Crippen molar-refractivity contribution >= 4 is 15.9 Å². The fourth-order valence-electron chi connectivity index (χ4n) is 1.63. The van der Waals surface area contributed by atoms with Gasteiger partial charge in [-0.25, -0.2) is 9.97 Å². The first-order valence-corrected chi connectivity index (χ1v) is 6.85. The topological polar surface area (TPSA) is 47.0 Å². The van der Waals surface area contributed by atoms with Crippen molar-refractivity contribution in [2.24, 2.45) is 0 Å². The van der Waals surface area contributed by atoms with Gasteiger partial charge in [-0.2, -0.15) is 0 Å². The molecular formula is C14H16BrN3O. The Hall–Kier alpha value is -1.30. The van der Waals surface area contributed by atoms with Gasteiger partial charge in [-0.15, -0.1) is 0 Å². The van der Waals surface area contributed by atoms with E-state index in [9.17, 15) is 0 Å². The molecule has 0 aliphatic heterocycles. The second kappa shape index (κ2) is 7.33. The number of nitrogens with zero attached hydrogens (tertiary/aromatic N) is 2. The molecule has 0 amide bonds. The molecule has 4 nitrogen and oxygen atoms in total. The molecule has 0 saturated carbocycles. The Balaban J connectivity index is 1.98. The number of hydrogen-bond donors (Lipinski definition) is 1. The van der Waals surface area contributed by atoms with Crippen LogP contribution in [0.5, 0.6) is 0 Å². The van der Waals surface area contributed by atoms with E-state index in [0.29, 0.717) is 6.61 Å². The van der Waals surface area contributed by atoms with Crippen molar-refractivity contribution < 1.29 is 4.74 Å². The van der Waals surface area contributed by atoms with Crippen LogP contribution in [0.3, 0.4) is 0 Å². The minimum atomic E-state index is 0.705. The molecule has 0 radical (unpaired) electrons. The predicted octanol–water partition coefficient (Wildman–Crippen LogP) is 2.64. The van der Waals surface area contributed by atoms with Crippen LogP contribution in [-0.4, -0.2) is 30.2 Å². The van der Waals surface area contributed by atoms with Crippen LogP contribution in [0.15, 0.2) is 41.1 Å². The predicted molar refractivity (Wildman–Crippen MR) is 78.8 cm³/mol. The summed E-state index contributed by atoms with van der Waals surface area (Å²) in [6.45, 7) is 2.28. The van der Waals surface area contributed by atoms with Crippen molar-refractivity contribution in [1.82, 2.24) is 15.3 Å². The average Bonchev–Trinajstić information content (AvgIpc) is 2.44. The monoisotopic (exact) mass is 321 g/mol. The van der Waals surface area contributed by atoms with Gasteiger partial charge in [0.15, 0.2) is 5.82 Å². The first kappa shape index (κ1) is 14.1. The fourth-order valence-corrected chi connectivity index (χ4v) is 2.03. The van der Waals surface area contributed by atoms with Crippen molar-refractivity contribution in [2.45, 2.75) is 6.54 Å². The molecule has 0 saturated heterocycles. The van der Waals surface area contributed by atoms with E-state index in [0.717, 1.165) is 34.5 Å². The van der Waals surface area contributed by atoms with E-state index >= 15 is 0 Å². The molecule has 0 bridgehead atoms. The number of aromatic nitrogens is 2. The highest BCUT2D eigenvalue weighted by Gasteiger charge is 2.01. The molecule has 2 aromatic rings. The molecule has 0 atom stereocenters. The van der Waals surface area contributed by atoms with Crippen LogP contribution >= 0.6 is 15.9 Å². The molecule has 1 aromatic carbocycles. The molecule has 1 N–H and O–H groups in total. The van der Waals surface area contributed by atoms with Crippen molar-refractivity contribution in [1.29, 1.82) is 0 Å². The Morgan fingerprint density at radius 1 is 1.26 bits per heavy atom. The van der Waals surface area contributed by atoms with Crippen LogP contribution in [0.25, 0.3) is 11.4 Å². The minimum absolute atomic E-state index is 0.705. The molecule has 5 heteroatoms. The summed E-state index contributed by atoms with van der Waals surface area (Å²) in [5.41, 5.74) is 2.07. The van der Waals surface area contributed by atoms with Gasteiger partial charge in [-0.05, 0) is 12.1 Å². The first-order valence-electron chi connectivity index (χ1n) is 6.06. The third-order valence-corrected chi connectivity index (χ3v) is 3.09. The van der Waals surface area contributed by atoms with E-state index < -0.39 is 0 Å². The smallest absolute Gasteiger partial charge is 0.159 e. The van der Waals surface area contributed by atoms with Crippen molar-refractivity contribution in [3.05, 3.63) is 46.7 Å². The highest BCUT2D eigenvalue weighted by molar-refractivity contribution is 9.10. The molecule has 0 fully saturated rings. The van der Waals surface area contributed by atoms with Gasteiger partial charge in [0.05, 0.1) is 6.61 Å². The van der Waals surface area contributed by atoms with E-state index in [1.54, 1.807) is 7.11 Å². The maximum absolute atomic E-state index is 4.97. The van der Waals surface area contributed by atoms with Crippen LogP contribution in [-0.2, 0) is 11.3 Å². The Morgan fingerprint density at radius 2 is 2.05 bits per heavy atom. The summed E-state index contributed by atoms with van der Waals surface area (Å²) in [5.74, 6) is 0.738. The van der Waals surface area contributed by atoms with Gasteiger partial charge < -0.3 is 10.1 Å². The molecule has 2 rings (SSSR count). The lowest BCUT2D eigenvalue weighted by Gasteiger charge is -2.05. The molecule has 0 aliphatic rings. The molecule has 0 unspecified atom stereocenters. The summed E-state index contributed by atoms with van der Waals surface area (Å²) < 4.78 is 6.00. The van der Waals surface area contributed by atoms with E-state index in [-0.39, 0.29) is 0 Å². The normalized spacial score (nSPS) is 10.6. The van der Waals surface area contributed by atoms with Crippen LogP contribution in [0.1, 0.15) is 5.56 Å². The highest BCUT2D eigenvalue weighted by atomic mass is 79.9. The standard InChI is InChI=1S/C14H16BrN3O/c1-19-6-5-16-8-11-9-17-14(18-10-11)12-3-2-4-13(15)7-12/h2-4,7,9-10,16H,5-6,8H2,1H3. The van der Waals surface area contributed by atoms with Gasteiger partial charge in [0, 0.05) is 48.2 Å². The summed E-state index contributed by atoms with van der Waals surface area (Å²) in [4.78, 5) is 8.77. The summed E-state index contributed by atoms with van der Waals surface area (Å²) >= 11 is 3.45. The van der Waals surface area contributed by atoms with Crippen molar-refractivity contribution in [2.75, 3.05) is 20.3 Å². The Morgan fingerprint density at radius 3 is 2.74 bits per heavy atom. The second-order valence-electron chi connectivity index (χ2n) is 4.09. The highest BCUT2D eigenvalue weighted by Crippen LogP contribution is 2.19. The van der Waals surface area contributed by atoms with Gasteiger partial charge in [0.25, 0.3) is 0 Å². The zero-order valence-electron chi connectivity index (χ0n) is 10.8. The molecule has 1 aromatic heterocycles. The Kier molecular flexibility index (Phi) is 5.44. The maximum Gasteiger partial charge on any atom is 0.159 e. The SMILES string of the molecule is COCCNCc1cnc(-c2cccc(Br)c2)nc1. The van der Waals surface area contributed by atoms with Crippen molar-refractivity contribution in [3.63, 3.8) is 0 Å². The van der Waals surface area contributed by atoms with Gasteiger partial charge in [-0.1, -0.05) is 28.1 Å². The molecule has 1 heterocycles. The van der Waals surface area contributed by atoms with E-state index in [1.807, 2.05) is 36.7 Å². The van der Waals surface area contributed by atoms with Gasteiger partial charge in [-0.3, -0.25) is 0 Å². The van der Waals surface area contributed by atoms with Gasteiger partial charge in [0.1, 0.15) is 0 Å². The largest absolute Gasteiger partial charge is 0.383 e. The second-order valence-corrected chi connectivity index (χ2v) is 5.01. The number of ether oxygens (including phenoxy) is 1. The molecular weight excluding hydrogens is 306 g/mol. The zero-order valence-corrected chi connectivity index (χ0v) is 12.4. The third kappa shape index (κ3) is 4.38. The molecule has 19 heavy (non-hydrogen) atoms. The number of methoxy groups -OCH3 is 1. The minimum Gasteiger partial charge on any atom is -0.383 e. The van der Waals surface area contributed by atoms with Crippen LogP contribution < -0.4 is 5.32 Å². The quantitative estimate of drug-likeness (QED) is 0.831. The zero-order chi connectivity index (χ0) is 13.5. The van der Waals surface area contributed by atoms with Gasteiger partial charge in [0.2, 0.25) is 0 Å². The number of nitrogens with one attached hydrogen (secondary N) is 1. The number of rotatable bonds is 6. The van der Waals surface area contributed by atoms with Crippen LogP contribution in [0.4, 0.5) is 0 Å². The Labute approximate surface area is 121 Å². The lowest BCUT2D eigenvalue weighted by atomic mass is 10.2. The lowest BCUT2D eigenvalue weighted by molar-refractivity contribution is 0.199. The van der Waals surface area contributed by atoms with Gasteiger partial charge >= 0.3 is 0 Å². The molecule has 0 spiro atoms. The van der Waals surface area contributed by atoms with E-state index in [4.69, 9.17) is 4.74 Å². The van der Waals surface area contributed by atoms with E-state index in [2.05, 4.69) is 31.2 Å². The molecule has 0 aliphatic carbocycles. The summed E-state index contributed by atoms with van der Waals surface area (Å²) in [7, 11) is 1.69. The molecule has 100 valence electrons.